The molecule has 0 spiro atoms. The zero-order valence-corrected chi connectivity index (χ0v) is 17.8. The fourth-order valence-corrected chi connectivity index (χ4v) is 4.80. The predicted octanol–water partition coefficient (Wildman–Crippen LogP) is 4.54. The number of fused-ring (bicyclic) bond motifs is 2. The third kappa shape index (κ3) is 3.34. The molecule has 0 radical (unpaired) electrons. The lowest BCUT2D eigenvalue weighted by molar-refractivity contribution is -0.116. The van der Waals surface area contributed by atoms with E-state index in [4.69, 9.17) is 11.6 Å². The number of rotatable bonds is 4. The number of amides is 1. The van der Waals surface area contributed by atoms with Gasteiger partial charge in [-0.15, -0.1) is 0 Å². The Labute approximate surface area is 182 Å². The van der Waals surface area contributed by atoms with Crippen molar-refractivity contribution in [3.63, 3.8) is 0 Å². The van der Waals surface area contributed by atoms with Gasteiger partial charge in [-0.25, -0.2) is 14.6 Å². The van der Waals surface area contributed by atoms with Gasteiger partial charge in [0.2, 0.25) is 5.91 Å². The van der Waals surface area contributed by atoms with Crippen molar-refractivity contribution in [2.75, 3.05) is 10.7 Å². The number of carbonyl (C=O) groups is 1. The molecule has 2 aromatic heterocycles. The quantitative estimate of drug-likeness (QED) is 0.348. The summed E-state index contributed by atoms with van der Waals surface area (Å²) in [6, 6.07) is 15.7. The maximum Gasteiger partial charge on any atom is 0.237 e. The van der Waals surface area contributed by atoms with Crippen molar-refractivity contribution in [1.82, 2.24) is 19.7 Å². The lowest BCUT2D eigenvalue weighted by Gasteiger charge is -2.22. The van der Waals surface area contributed by atoms with Crippen molar-refractivity contribution in [3.8, 4) is 5.69 Å². The van der Waals surface area contributed by atoms with Gasteiger partial charge in [0.25, 0.3) is 0 Å². The summed E-state index contributed by atoms with van der Waals surface area (Å²) in [6.45, 7) is 2.08. The molecule has 0 bridgehead atoms. The van der Waals surface area contributed by atoms with E-state index >= 15 is 0 Å². The first-order chi connectivity index (χ1) is 14.6. The Bertz CT molecular complexity index is 1240. The summed E-state index contributed by atoms with van der Waals surface area (Å²) in [5, 5.41) is 6.69. The molecule has 2 aromatic carbocycles. The van der Waals surface area contributed by atoms with Gasteiger partial charge in [0.05, 0.1) is 23.0 Å². The van der Waals surface area contributed by atoms with Crippen LogP contribution in [-0.2, 0) is 11.2 Å². The zero-order valence-electron chi connectivity index (χ0n) is 16.2. The molecule has 1 atom stereocenters. The normalized spacial score (nSPS) is 15.5. The molecule has 1 amide bonds. The summed E-state index contributed by atoms with van der Waals surface area (Å²) in [7, 11) is 0. The average molecular weight is 436 g/mol. The summed E-state index contributed by atoms with van der Waals surface area (Å²) in [5.41, 5.74) is 3.79. The minimum Gasteiger partial charge on any atom is -0.308 e. The maximum absolute atomic E-state index is 13.0. The molecule has 5 rings (SSSR count). The second-order valence-electron chi connectivity index (χ2n) is 7.18. The van der Waals surface area contributed by atoms with Crippen LogP contribution in [0.15, 0.2) is 66.1 Å². The van der Waals surface area contributed by atoms with Crippen LogP contribution in [0.1, 0.15) is 12.5 Å². The molecule has 4 aromatic rings. The van der Waals surface area contributed by atoms with Gasteiger partial charge in [0, 0.05) is 16.8 Å². The van der Waals surface area contributed by atoms with Crippen LogP contribution in [0.3, 0.4) is 0 Å². The SMILES string of the molecule is C[C@H]1Cc2ccccc2N1C(=O)CSc1ncnc2c1cnn2-c1ccc(Cl)cc1. The van der Waals surface area contributed by atoms with Crippen LogP contribution in [0.4, 0.5) is 5.69 Å². The number of aromatic nitrogens is 4. The highest BCUT2D eigenvalue weighted by molar-refractivity contribution is 8.00. The molecule has 0 N–H and O–H groups in total. The molecular weight excluding hydrogens is 418 g/mol. The van der Waals surface area contributed by atoms with Crippen molar-refractivity contribution in [2.45, 2.75) is 24.4 Å². The van der Waals surface area contributed by atoms with E-state index in [0.717, 1.165) is 28.2 Å². The van der Waals surface area contributed by atoms with Gasteiger partial charge in [-0.2, -0.15) is 5.10 Å². The van der Waals surface area contributed by atoms with E-state index in [1.807, 2.05) is 47.4 Å². The van der Waals surface area contributed by atoms with E-state index in [-0.39, 0.29) is 11.9 Å². The Morgan fingerprint density at radius 2 is 1.97 bits per heavy atom. The number of hydrogen-bond donors (Lipinski definition) is 0. The van der Waals surface area contributed by atoms with Gasteiger partial charge in [0.1, 0.15) is 11.4 Å². The van der Waals surface area contributed by atoms with Crippen molar-refractivity contribution < 1.29 is 4.79 Å². The van der Waals surface area contributed by atoms with Crippen molar-refractivity contribution >= 4 is 46.0 Å². The van der Waals surface area contributed by atoms with Crippen LogP contribution in [0.2, 0.25) is 5.02 Å². The van der Waals surface area contributed by atoms with Crippen molar-refractivity contribution in [3.05, 3.63) is 71.6 Å². The van der Waals surface area contributed by atoms with Crippen molar-refractivity contribution in [2.24, 2.45) is 0 Å². The number of hydrogen-bond acceptors (Lipinski definition) is 5. The van der Waals surface area contributed by atoms with Gasteiger partial charge in [-0.3, -0.25) is 4.79 Å². The Morgan fingerprint density at radius 3 is 2.80 bits per heavy atom. The maximum atomic E-state index is 13.0. The number of nitrogens with zero attached hydrogens (tertiary/aromatic N) is 5. The average Bonchev–Trinajstić information content (AvgIpc) is 3.33. The fourth-order valence-electron chi connectivity index (χ4n) is 3.85. The van der Waals surface area contributed by atoms with Crippen LogP contribution < -0.4 is 4.90 Å². The Morgan fingerprint density at radius 1 is 1.17 bits per heavy atom. The van der Waals surface area contributed by atoms with E-state index in [2.05, 4.69) is 28.1 Å². The highest BCUT2D eigenvalue weighted by Crippen LogP contribution is 2.33. The van der Waals surface area contributed by atoms with E-state index in [1.165, 1.54) is 23.7 Å². The van der Waals surface area contributed by atoms with Crippen LogP contribution >= 0.6 is 23.4 Å². The smallest absolute Gasteiger partial charge is 0.237 e. The molecule has 0 saturated heterocycles. The second-order valence-corrected chi connectivity index (χ2v) is 8.58. The molecule has 3 heterocycles. The van der Waals surface area contributed by atoms with Crippen LogP contribution in [0.5, 0.6) is 0 Å². The molecule has 1 aliphatic heterocycles. The number of thioether (sulfide) groups is 1. The zero-order chi connectivity index (χ0) is 20.7. The van der Waals surface area contributed by atoms with Gasteiger partial charge >= 0.3 is 0 Å². The molecule has 150 valence electrons. The fraction of sp³-hybridized carbons (Fsp3) is 0.182. The summed E-state index contributed by atoms with van der Waals surface area (Å²) < 4.78 is 1.75. The summed E-state index contributed by atoms with van der Waals surface area (Å²) in [6.07, 6.45) is 4.14. The standard InChI is InChI=1S/C22H18ClN5OS/c1-14-10-15-4-2-3-5-19(15)27(14)20(29)12-30-22-18-11-26-28(21(18)24-13-25-22)17-8-6-16(23)7-9-17/h2-9,11,13-14H,10,12H2,1H3/t14-/m0/s1. The van der Waals surface area contributed by atoms with Crippen LogP contribution in [0.25, 0.3) is 16.7 Å². The predicted molar refractivity (Wildman–Crippen MR) is 119 cm³/mol. The van der Waals surface area contributed by atoms with Crippen LogP contribution in [0, 0.1) is 0 Å². The van der Waals surface area contributed by atoms with Gasteiger partial charge in [0.15, 0.2) is 5.65 Å². The summed E-state index contributed by atoms with van der Waals surface area (Å²) in [4.78, 5) is 23.7. The molecular formula is C22H18ClN5OS. The van der Waals surface area contributed by atoms with Gasteiger partial charge < -0.3 is 4.90 Å². The molecule has 0 saturated carbocycles. The first kappa shape index (κ1) is 19.1. The lowest BCUT2D eigenvalue weighted by Crippen LogP contribution is -2.36. The second kappa shape index (κ2) is 7.74. The first-order valence-electron chi connectivity index (χ1n) is 9.59. The molecule has 8 heteroatoms. The monoisotopic (exact) mass is 435 g/mol. The Kier molecular flexibility index (Phi) is 4.92. The third-order valence-corrected chi connectivity index (χ3v) is 6.45. The third-order valence-electron chi connectivity index (χ3n) is 5.21. The number of carbonyl (C=O) groups excluding carboxylic acids is 1. The Balaban J connectivity index is 1.39. The molecule has 1 aliphatic rings. The van der Waals surface area contributed by atoms with E-state index in [1.54, 1.807) is 10.9 Å². The largest absolute Gasteiger partial charge is 0.308 e. The van der Waals surface area contributed by atoms with Gasteiger partial charge in [-0.1, -0.05) is 41.6 Å². The summed E-state index contributed by atoms with van der Waals surface area (Å²) >= 11 is 7.40. The Hall–Kier alpha value is -2.90. The van der Waals surface area contributed by atoms with E-state index in [9.17, 15) is 4.79 Å². The number of benzene rings is 2. The summed E-state index contributed by atoms with van der Waals surface area (Å²) in [5.74, 6) is 0.381. The minimum atomic E-state index is 0.0781. The molecule has 0 aliphatic carbocycles. The van der Waals surface area contributed by atoms with Gasteiger partial charge in [-0.05, 0) is 49.2 Å². The van der Waals surface area contributed by atoms with Crippen LogP contribution in [-0.4, -0.2) is 37.5 Å². The molecule has 0 unspecified atom stereocenters. The number of halogens is 1. The number of para-hydroxylation sites is 1. The topological polar surface area (TPSA) is 63.9 Å². The lowest BCUT2D eigenvalue weighted by atomic mass is 10.1. The molecule has 6 nitrogen and oxygen atoms in total. The number of anilines is 1. The minimum absolute atomic E-state index is 0.0781. The van der Waals surface area contributed by atoms with E-state index in [0.29, 0.717) is 16.4 Å². The van der Waals surface area contributed by atoms with Crippen molar-refractivity contribution in [1.29, 1.82) is 0 Å². The molecule has 0 fully saturated rings. The highest BCUT2D eigenvalue weighted by Gasteiger charge is 2.30. The van der Waals surface area contributed by atoms with E-state index < -0.39 is 0 Å². The first-order valence-corrected chi connectivity index (χ1v) is 11.0. The molecule has 30 heavy (non-hydrogen) atoms. The highest BCUT2D eigenvalue weighted by atomic mass is 35.5.